The van der Waals surface area contributed by atoms with Crippen molar-refractivity contribution in [3.8, 4) is 0 Å². The Labute approximate surface area is 121 Å². The van der Waals surface area contributed by atoms with Gasteiger partial charge in [-0.25, -0.2) is 0 Å². The summed E-state index contributed by atoms with van der Waals surface area (Å²) in [4.78, 5) is 0. The summed E-state index contributed by atoms with van der Waals surface area (Å²) in [6.45, 7) is 0.618. The van der Waals surface area contributed by atoms with Crippen molar-refractivity contribution in [3.05, 3.63) is 59.0 Å². The lowest BCUT2D eigenvalue weighted by atomic mass is 10.1. The standard InChI is InChI=1S/C13H12ClN3OS/c14-10-5-3-9(4-6-10)12-15-13(19)16-17(12)8-11-2-1-7-18-11/h1-7,12H,8H2,(H2,15,16,19). The van der Waals surface area contributed by atoms with Crippen molar-refractivity contribution < 1.29 is 4.42 Å². The van der Waals surface area contributed by atoms with Gasteiger partial charge in [0.2, 0.25) is 0 Å². The van der Waals surface area contributed by atoms with Gasteiger partial charge in [0, 0.05) is 5.02 Å². The zero-order valence-corrected chi connectivity index (χ0v) is 11.5. The lowest BCUT2D eigenvalue weighted by molar-refractivity contribution is 0.164. The predicted octanol–water partition coefficient (Wildman–Crippen LogP) is 2.83. The molecule has 2 aromatic rings. The van der Waals surface area contributed by atoms with Crippen molar-refractivity contribution in [2.24, 2.45) is 0 Å². The summed E-state index contributed by atoms with van der Waals surface area (Å²) in [6, 6.07) is 11.5. The summed E-state index contributed by atoms with van der Waals surface area (Å²) >= 11 is 11.1. The summed E-state index contributed by atoms with van der Waals surface area (Å²) in [5.74, 6) is 0.873. The van der Waals surface area contributed by atoms with Crippen LogP contribution in [0.25, 0.3) is 0 Å². The van der Waals surface area contributed by atoms with Crippen LogP contribution in [0.15, 0.2) is 47.1 Å². The molecule has 98 valence electrons. The van der Waals surface area contributed by atoms with E-state index in [0.29, 0.717) is 11.7 Å². The number of benzene rings is 1. The molecule has 1 unspecified atom stereocenters. The molecule has 2 heterocycles. The number of hydrazine groups is 1. The maximum atomic E-state index is 5.91. The van der Waals surface area contributed by atoms with Gasteiger partial charge < -0.3 is 9.73 Å². The van der Waals surface area contributed by atoms with E-state index in [1.807, 2.05) is 41.4 Å². The van der Waals surface area contributed by atoms with E-state index in [2.05, 4.69) is 10.7 Å². The number of halogens is 1. The van der Waals surface area contributed by atoms with E-state index in [0.717, 1.165) is 16.3 Å². The molecule has 1 atom stereocenters. The largest absolute Gasteiger partial charge is 0.468 e. The number of hydrogen-bond donors (Lipinski definition) is 2. The van der Waals surface area contributed by atoms with Gasteiger partial charge in [-0.3, -0.25) is 5.43 Å². The number of furan rings is 1. The Morgan fingerprint density at radius 1 is 1.26 bits per heavy atom. The van der Waals surface area contributed by atoms with Crippen LogP contribution < -0.4 is 10.7 Å². The van der Waals surface area contributed by atoms with E-state index < -0.39 is 0 Å². The molecule has 4 nitrogen and oxygen atoms in total. The van der Waals surface area contributed by atoms with Crippen molar-refractivity contribution in [1.82, 2.24) is 15.8 Å². The van der Waals surface area contributed by atoms with Gasteiger partial charge in [0.1, 0.15) is 11.9 Å². The summed E-state index contributed by atoms with van der Waals surface area (Å²) in [7, 11) is 0. The lowest BCUT2D eigenvalue weighted by Crippen LogP contribution is -2.33. The average Bonchev–Trinajstić information content (AvgIpc) is 3.01. The zero-order valence-electron chi connectivity index (χ0n) is 9.97. The van der Waals surface area contributed by atoms with E-state index >= 15 is 0 Å². The van der Waals surface area contributed by atoms with Crippen molar-refractivity contribution >= 4 is 28.9 Å². The molecule has 0 amide bonds. The van der Waals surface area contributed by atoms with Crippen LogP contribution >= 0.6 is 23.8 Å². The van der Waals surface area contributed by atoms with Crippen molar-refractivity contribution in [2.75, 3.05) is 0 Å². The molecule has 0 aliphatic carbocycles. The second-order valence-corrected chi connectivity index (χ2v) is 5.09. The molecule has 6 heteroatoms. The summed E-state index contributed by atoms with van der Waals surface area (Å²) in [5, 5.41) is 6.52. The van der Waals surface area contributed by atoms with Crippen LogP contribution in [0.3, 0.4) is 0 Å². The Hall–Kier alpha value is -1.56. The highest BCUT2D eigenvalue weighted by Crippen LogP contribution is 2.23. The Balaban J connectivity index is 1.82. The molecular formula is C13H12ClN3OS. The average molecular weight is 294 g/mol. The van der Waals surface area contributed by atoms with Crippen LogP contribution in [-0.4, -0.2) is 10.1 Å². The van der Waals surface area contributed by atoms with E-state index in [1.165, 1.54) is 0 Å². The first-order chi connectivity index (χ1) is 9.22. The van der Waals surface area contributed by atoms with E-state index in [1.54, 1.807) is 6.26 Å². The highest BCUT2D eigenvalue weighted by atomic mass is 35.5. The minimum Gasteiger partial charge on any atom is -0.468 e. The third-order valence-corrected chi connectivity index (χ3v) is 3.38. The number of nitrogens with one attached hydrogen (secondary N) is 2. The van der Waals surface area contributed by atoms with Crippen molar-refractivity contribution in [3.63, 3.8) is 0 Å². The van der Waals surface area contributed by atoms with Gasteiger partial charge >= 0.3 is 0 Å². The Morgan fingerprint density at radius 2 is 2.05 bits per heavy atom. The van der Waals surface area contributed by atoms with Crippen LogP contribution in [-0.2, 0) is 6.54 Å². The summed E-state index contributed by atoms with van der Waals surface area (Å²) in [5.41, 5.74) is 4.20. The van der Waals surface area contributed by atoms with Crippen LogP contribution in [0.4, 0.5) is 0 Å². The number of nitrogens with zero attached hydrogens (tertiary/aromatic N) is 1. The fraction of sp³-hybridized carbons (Fsp3) is 0.154. The summed E-state index contributed by atoms with van der Waals surface area (Å²) < 4.78 is 5.36. The quantitative estimate of drug-likeness (QED) is 0.852. The predicted molar refractivity (Wildman–Crippen MR) is 77.3 cm³/mol. The molecule has 2 N–H and O–H groups in total. The number of thiocarbonyl (C=S) groups is 1. The van der Waals surface area contributed by atoms with Gasteiger partial charge in [-0.15, -0.1) is 0 Å². The second-order valence-electron chi connectivity index (χ2n) is 4.25. The molecule has 0 saturated carbocycles. The smallest absolute Gasteiger partial charge is 0.182 e. The first-order valence-electron chi connectivity index (χ1n) is 5.84. The third kappa shape index (κ3) is 2.73. The topological polar surface area (TPSA) is 40.4 Å². The Kier molecular flexibility index (Phi) is 3.42. The number of hydrogen-bond acceptors (Lipinski definition) is 3. The first-order valence-corrected chi connectivity index (χ1v) is 6.62. The van der Waals surface area contributed by atoms with Crippen LogP contribution in [0, 0.1) is 0 Å². The van der Waals surface area contributed by atoms with Gasteiger partial charge in [0.25, 0.3) is 0 Å². The molecule has 1 fully saturated rings. The molecule has 1 aromatic carbocycles. The molecule has 1 saturated heterocycles. The Morgan fingerprint density at radius 3 is 2.74 bits per heavy atom. The maximum absolute atomic E-state index is 5.91. The third-order valence-electron chi connectivity index (χ3n) is 2.92. The maximum Gasteiger partial charge on any atom is 0.182 e. The van der Waals surface area contributed by atoms with Gasteiger partial charge in [-0.2, -0.15) is 5.01 Å². The molecule has 0 spiro atoms. The van der Waals surface area contributed by atoms with E-state index in [9.17, 15) is 0 Å². The highest BCUT2D eigenvalue weighted by Gasteiger charge is 2.28. The van der Waals surface area contributed by atoms with E-state index in [-0.39, 0.29) is 6.17 Å². The molecule has 0 bridgehead atoms. The summed E-state index contributed by atoms with van der Waals surface area (Å²) in [6.07, 6.45) is 1.63. The fourth-order valence-corrected chi connectivity index (χ4v) is 2.39. The fourth-order valence-electron chi connectivity index (χ4n) is 2.04. The normalized spacial score (nSPS) is 19.2. The van der Waals surface area contributed by atoms with Crippen molar-refractivity contribution in [1.29, 1.82) is 0 Å². The lowest BCUT2D eigenvalue weighted by Gasteiger charge is -2.22. The SMILES string of the molecule is S=C1NC(c2ccc(Cl)cc2)N(Cc2ccco2)N1. The molecule has 1 aliphatic heterocycles. The van der Waals surface area contributed by atoms with Crippen LogP contribution in [0.1, 0.15) is 17.5 Å². The molecule has 1 aromatic heterocycles. The van der Waals surface area contributed by atoms with Crippen LogP contribution in [0.2, 0.25) is 5.02 Å². The van der Waals surface area contributed by atoms with Gasteiger partial charge in [0.05, 0.1) is 12.8 Å². The molecule has 19 heavy (non-hydrogen) atoms. The first kappa shape index (κ1) is 12.5. The van der Waals surface area contributed by atoms with E-state index in [4.69, 9.17) is 28.2 Å². The van der Waals surface area contributed by atoms with Gasteiger partial charge in [-0.1, -0.05) is 23.7 Å². The zero-order chi connectivity index (χ0) is 13.2. The highest BCUT2D eigenvalue weighted by molar-refractivity contribution is 7.80. The van der Waals surface area contributed by atoms with Gasteiger partial charge in [-0.05, 0) is 42.0 Å². The van der Waals surface area contributed by atoms with Crippen LogP contribution in [0.5, 0.6) is 0 Å². The van der Waals surface area contributed by atoms with Gasteiger partial charge in [0.15, 0.2) is 5.11 Å². The monoisotopic (exact) mass is 293 g/mol. The molecule has 1 aliphatic rings. The van der Waals surface area contributed by atoms with Crippen molar-refractivity contribution in [2.45, 2.75) is 12.7 Å². The number of rotatable bonds is 3. The molecule has 3 rings (SSSR count). The minimum absolute atomic E-state index is 0.0325. The Bertz CT molecular complexity index is 570. The molecular weight excluding hydrogens is 282 g/mol. The second kappa shape index (κ2) is 5.21. The molecule has 0 radical (unpaired) electrons. The minimum atomic E-state index is -0.0325.